The summed E-state index contributed by atoms with van der Waals surface area (Å²) in [7, 11) is 0. The van der Waals surface area contributed by atoms with Crippen LogP contribution in [-0.2, 0) is 6.42 Å². The van der Waals surface area contributed by atoms with Crippen LogP contribution in [0.3, 0.4) is 0 Å². The molecule has 1 aromatic heterocycles. The smallest absolute Gasteiger partial charge is 0.238 e. The lowest BCUT2D eigenvalue weighted by atomic mass is 10.3. The molecule has 0 amide bonds. The van der Waals surface area contributed by atoms with Gasteiger partial charge in [-0.1, -0.05) is 11.6 Å². The van der Waals surface area contributed by atoms with Gasteiger partial charge in [-0.05, 0) is 13.0 Å². The molecule has 1 aromatic rings. The van der Waals surface area contributed by atoms with E-state index in [2.05, 4.69) is 9.97 Å². The van der Waals surface area contributed by atoms with Crippen molar-refractivity contribution in [2.24, 2.45) is 0 Å². The molecule has 0 saturated heterocycles. The van der Waals surface area contributed by atoms with Gasteiger partial charge in [0.2, 0.25) is 0 Å². The number of hydrogen-bond acceptors (Lipinski definition) is 2. The minimum Gasteiger partial charge on any atom is -0.238 e. The van der Waals surface area contributed by atoms with Gasteiger partial charge in [0.15, 0.2) is 0 Å². The van der Waals surface area contributed by atoms with Gasteiger partial charge in [0.05, 0.1) is 0 Å². The van der Waals surface area contributed by atoms with E-state index < -0.39 is 12.6 Å². The molecular formula is C7H6ClF3N2. The molecule has 0 spiro atoms. The first kappa shape index (κ1) is 10.2. The topological polar surface area (TPSA) is 25.8 Å². The Bertz CT molecular complexity index is 291. The normalized spacial score (nSPS) is 11.8. The lowest BCUT2D eigenvalue weighted by Gasteiger charge is -2.05. The number of alkyl halides is 3. The first-order valence-corrected chi connectivity index (χ1v) is 3.81. The number of halogens is 4. The molecule has 0 aliphatic rings. The molecule has 0 unspecified atom stereocenters. The Kier molecular flexibility index (Phi) is 2.75. The molecule has 0 aromatic carbocycles. The Hall–Kier alpha value is -0.840. The minimum absolute atomic E-state index is 0.0340. The van der Waals surface area contributed by atoms with Gasteiger partial charge >= 0.3 is 6.18 Å². The highest BCUT2D eigenvalue weighted by Gasteiger charge is 2.29. The molecule has 0 bridgehead atoms. The van der Waals surface area contributed by atoms with Crippen molar-refractivity contribution in [1.29, 1.82) is 0 Å². The Morgan fingerprint density at radius 2 is 2.00 bits per heavy atom. The summed E-state index contributed by atoms with van der Waals surface area (Å²) in [6.45, 7) is 1.56. The van der Waals surface area contributed by atoms with E-state index in [4.69, 9.17) is 11.6 Å². The molecule has 0 aliphatic heterocycles. The maximum Gasteiger partial charge on any atom is 0.396 e. The van der Waals surface area contributed by atoms with E-state index in [9.17, 15) is 13.2 Å². The molecular weight excluding hydrogens is 205 g/mol. The van der Waals surface area contributed by atoms with Crippen LogP contribution < -0.4 is 0 Å². The van der Waals surface area contributed by atoms with E-state index in [-0.39, 0.29) is 11.0 Å². The lowest BCUT2D eigenvalue weighted by Crippen LogP contribution is -2.14. The number of rotatable bonds is 1. The van der Waals surface area contributed by atoms with Gasteiger partial charge in [-0.3, -0.25) is 0 Å². The van der Waals surface area contributed by atoms with Gasteiger partial charge < -0.3 is 0 Å². The number of aryl methyl sites for hydroxylation is 1. The molecule has 2 nitrogen and oxygen atoms in total. The standard InChI is InChI=1S/C7H6ClF3N2/c1-4-2-5(8)13-6(12-4)3-7(9,10)11/h2H,3H2,1H3. The van der Waals surface area contributed by atoms with Crippen LogP contribution >= 0.6 is 11.6 Å². The molecule has 1 heterocycles. The summed E-state index contributed by atoms with van der Waals surface area (Å²) in [6, 6.07) is 1.40. The van der Waals surface area contributed by atoms with Crippen LogP contribution in [0.15, 0.2) is 6.07 Å². The van der Waals surface area contributed by atoms with Crippen LogP contribution in [0, 0.1) is 6.92 Å². The quantitative estimate of drug-likeness (QED) is 0.666. The third-order valence-electron chi connectivity index (χ3n) is 1.23. The molecule has 72 valence electrons. The fourth-order valence-corrected chi connectivity index (χ4v) is 1.10. The van der Waals surface area contributed by atoms with E-state index in [0.29, 0.717) is 5.69 Å². The van der Waals surface area contributed by atoms with Gasteiger partial charge in [0.25, 0.3) is 0 Å². The van der Waals surface area contributed by atoms with Crippen molar-refractivity contribution in [2.75, 3.05) is 0 Å². The molecule has 0 atom stereocenters. The summed E-state index contributed by atoms with van der Waals surface area (Å²) in [5.74, 6) is -0.294. The van der Waals surface area contributed by atoms with E-state index >= 15 is 0 Å². The molecule has 6 heteroatoms. The fraction of sp³-hybridized carbons (Fsp3) is 0.429. The Morgan fingerprint density at radius 3 is 2.46 bits per heavy atom. The van der Waals surface area contributed by atoms with Gasteiger partial charge in [0, 0.05) is 5.69 Å². The largest absolute Gasteiger partial charge is 0.396 e. The van der Waals surface area contributed by atoms with Crippen LogP contribution in [0.2, 0.25) is 5.15 Å². The summed E-state index contributed by atoms with van der Waals surface area (Å²) in [5, 5.41) is 0.0340. The second kappa shape index (κ2) is 3.49. The Balaban J connectivity index is 2.90. The van der Waals surface area contributed by atoms with Gasteiger partial charge in [-0.15, -0.1) is 0 Å². The summed E-state index contributed by atoms with van der Waals surface area (Å²) < 4.78 is 35.6. The Morgan fingerprint density at radius 1 is 1.38 bits per heavy atom. The van der Waals surface area contributed by atoms with E-state index in [1.165, 1.54) is 6.07 Å². The highest BCUT2D eigenvalue weighted by Crippen LogP contribution is 2.20. The van der Waals surface area contributed by atoms with Crippen LogP contribution in [0.5, 0.6) is 0 Å². The second-order valence-electron chi connectivity index (χ2n) is 2.54. The van der Waals surface area contributed by atoms with Gasteiger partial charge in [0.1, 0.15) is 17.4 Å². The van der Waals surface area contributed by atoms with Crippen molar-refractivity contribution in [3.8, 4) is 0 Å². The van der Waals surface area contributed by atoms with Crippen LogP contribution in [0.25, 0.3) is 0 Å². The van der Waals surface area contributed by atoms with Gasteiger partial charge in [-0.25, -0.2) is 9.97 Å². The average molecular weight is 211 g/mol. The molecule has 1 rings (SSSR count). The molecule has 0 aliphatic carbocycles. The van der Waals surface area contributed by atoms with Crippen LogP contribution in [-0.4, -0.2) is 16.1 Å². The molecule has 0 saturated carbocycles. The van der Waals surface area contributed by atoms with Crippen molar-refractivity contribution in [1.82, 2.24) is 9.97 Å². The Labute approximate surface area is 77.8 Å². The van der Waals surface area contributed by atoms with Gasteiger partial charge in [-0.2, -0.15) is 13.2 Å². The van der Waals surface area contributed by atoms with E-state index in [1.807, 2.05) is 0 Å². The fourth-order valence-electron chi connectivity index (χ4n) is 0.847. The number of hydrogen-bond donors (Lipinski definition) is 0. The minimum atomic E-state index is -4.29. The first-order valence-electron chi connectivity index (χ1n) is 3.43. The lowest BCUT2D eigenvalue weighted by molar-refractivity contribution is -0.128. The number of nitrogens with zero attached hydrogens (tertiary/aromatic N) is 2. The highest BCUT2D eigenvalue weighted by atomic mass is 35.5. The van der Waals surface area contributed by atoms with Crippen molar-refractivity contribution < 1.29 is 13.2 Å². The third-order valence-corrected chi connectivity index (χ3v) is 1.42. The predicted molar refractivity (Wildman–Crippen MR) is 41.5 cm³/mol. The predicted octanol–water partition coefficient (Wildman–Crippen LogP) is 2.54. The van der Waals surface area contributed by atoms with Crippen molar-refractivity contribution in [2.45, 2.75) is 19.5 Å². The maximum absolute atomic E-state index is 11.9. The van der Waals surface area contributed by atoms with E-state index in [1.54, 1.807) is 6.92 Å². The molecule has 0 fully saturated rings. The zero-order chi connectivity index (χ0) is 10.1. The highest BCUT2D eigenvalue weighted by molar-refractivity contribution is 6.29. The number of aromatic nitrogens is 2. The maximum atomic E-state index is 11.9. The van der Waals surface area contributed by atoms with E-state index in [0.717, 1.165) is 0 Å². The zero-order valence-electron chi connectivity index (χ0n) is 6.69. The van der Waals surface area contributed by atoms with Crippen molar-refractivity contribution >= 4 is 11.6 Å². The molecule has 13 heavy (non-hydrogen) atoms. The van der Waals surface area contributed by atoms with Crippen molar-refractivity contribution in [3.63, 3.8) is 0 Å². The zero-order valence-corrected chi connectivity index (χ0v) is 7.45. The molecule has 0 radical (unpaired) electrons. The second-order valence-corrected chi connectivity index (χ2v) is 2.93. The van der Waals surface area contributed by atoms with Crippen LogP contribution in [0.1, 0.15) is 11.5 Å². The molecule has 0 N–H and O–H groups in total. The first-order chi connectivity index (χ1) is 5.87. The van der Waals surface area contributed by atoms with Crippen molar-refractivity contribution in [3.05, 3.63) is 22.7 Å². The monoisotopic (exact) mass is 210 g/mol. The average Bonchev–Trinajstić information content (AvgIpc) is 1.78. The summed E-state index contributed by atoms with van der Waals surface area (Å²) in [5.41, 5.74) is 0.430. The SMILES string of the molecule is Cc1cc(Cl)nc(CC(F)(F)F)n1. The summed E-state index contributed by atoms with van der Waals surface area (Å²) in [4.78, 5) is 7.06. The summed E-state index contributed by atoms with van der Waals surface area (Å²) >= 11 is 5.46. The summed E-state index contributed by atoms with van der Waals surface area (Å²) in [6.07, 6.45) is -5.44. The third kappa shape index (κ3) is 3.59. The van der Waals surface area contributed by atoms with Crippen LogP contribution in [0.4, 0.5) is 13.2 Å².